The molecule has 150 valence electrons. The van der Waals surface area contributed by atoms with E-state index in [4.69, 9.17) is 4.74 Å². The van der Waals surface area contributed by atoms with E-state index in [0.29, 0.717) is 16.5 Å². The predicted octanol–water partition coefficient (Wildman–Crippen LogP) is 2.67. The average molecular weight is 393 g/mol. The van der Waals surface area contributed by atoms with Gasteiger partial charge in [-0.3, -0.25) is 14.4 Å². The van der Waals surface area contributed by atoms with E-state index in [2.05, 4.69) is 15.5 Å². The third-order valence-corrected chi connectivity index (χ3v) is 4.57. The first-order valence-corrected chi connectivity index (χ1v) is 9.54. The first kappa shape index (κ1) is 20.3. The number of nitrogens with one attached hydrogen (secondary N) is 2. The van der Waals surface area contributed by atoms with Crippen LogP contribution in [0.15, 0.2) is 59.4 Å². The third kappa shape index (κ3) is 5.28. The summed E-state index contributed by atoms with van der Waals surface area (Å²) in [5, 5.41) is 10.3. The van der Waals surface area contributed by atoms with E-state index in [1.807, 2.05) is 37.3 Å². The first-order chi connectivity index (χ1) is 14.1. The Morgan fingerprint density at radius 1 is 1.07 bits per heavy atom. The van der Waals surface area contributed by atoms with Gasteiger partial charge in [0.15, 0.2) is 6.61 Å². The summed E-state index contributed by atoms with van der Waals surface area (Å²) in [6.45, 7) is 1.68. The highest BCUT2D eigenvalue weighted by Crippen LogP contribution is 2.18. The minimum absolute atomic E-state index is 0.128. The van der Waals surface area contributed by atoms with Crippen molar-refractivity contribution in [1.82, 2.24) is 15.5 Å². The Morgan fingerprint density at radius 3 is 2.48 bits per heavy atom. The lowest BCUT2D eigenvalue weighted by molar-refractivity contribution is -0.148. The highest BCUT2D eigenvalue weighted by atomic mass is 16.5. The number of aromatic nitrogens is 2. The van der Waals surface area contributed by atoms with Gasteiger partial charge in [0.1, 0.15) is 0 Å². The van der Waals surface area contributed by atoms with Gasteiger partial charge in [-0.2, -0.15) is 5.10 Å². The van der Waals surface area contributed by atoms with Crippen molar-refractivity contribution in [3.8, 4) is 0 Å². The molecule has 2 aromatic carbocycles. The fourth-order valence-electron chi connectivity index (χ4n) is 3.17. The summed E-state index contributed by atoms with van der Waals surface area (Å²) in [5.41, 5.74) is 1.09. The van der Waals surface area contributed by atoms with Crippen LogP contribution in [0.3, 0.4) is 0 Å². The van der Waals surface area contributed by atoms with Crippen LogP contribution in [0.5, 0.6) is 0 Å². The van der Waals surface area contributed by atoms with E-state index in [1.165, 1.54) is 0 Å². The standard InChI is InChI=1S/C22H23N3O4/c1-2-8-18(15-9-4-3-5-10-15)23-20(26)14-29-21(27)13-19-16-11-6-7-12-17(16)22(28)25-24-19/h3-7,9-12,18H,2,8,13-14H2,1H3,(H,23,26)(H,25,28)/t18-/m1/s1. The van der Waals surface area contributed by atoms with Crippen LogP contribution in [-0.2, 0) is 20.7 Å². The topological polar surface area (TPSA) is 101 Å². The molecule has 0 aliphatic carbocycles. The number of hydrogen-bond donors (Lipinski definition) is 2. The van der Waals surface area contributed by atoms with Gasteiger partial charge < -0.3 is 10.1 Å². The van der Waals surface area contributed by atoms with Crippen LogP contribution in [0, 0.1) is 0 Å². The highest BCUT2D eigenvalue weighted by molar-refractivity contribution is 5.87. The molecule has 2 N–H and O–H groups in total. The van der Waals surface area contributed by atoms with Gasteiger partial charge in [-0.15, -0.1) is 0 Å². The largest absolute Gasteiger partial charge is 0.455 e. The second-order valence-corrected chi connectivity index (χ2v) is 6.70. The van der Waals surface area contributed by atoms with Crippen molar-refractivity contribution in [3.63, 3.8) is 0 Å². The van der Waals surface area contributed by atoms with Gasteiger partial charge in [-0.05, 0) is 18.1 Å². The lowest BCUT2D eigenvalue weighted by Crippen LogP contribution is -2.32. The molecule has 0 fully saturated rings. The van der Waals surface area contributed by atoms with Crippen LogP contribution in [0.25, 0.3) is 10.8 Å². The molecule has 7 nitrogen and oxygen atoms in total. The molecule has 0 aliphatic heterocycles. The molecule has 0 spiro atoms. The van der Waals surface area contributed by atoms with Crippen molar-refractivity contribution in [2.45, 2.75) is 32.2 Å². The first-order valence-electron chi connectivity index (χ1n) is 9.54. The van der Waals surface area contributed by atoms with Crippen molar-refractivity contribution < 1.29 is 14.3 Å². The normalized spacial score (nSPS) is 11.8. The second kappa shape index (κ2) is 9.64. The summed E-state index contributed by atoms with van der Waals surface area (Å²) >= 11 is 0. The van der Waals surface area contributed by atoms with E-state index >= 15 is 0 Å². The van der Waals surface area contributed by atoms with E-state index in [0.717, 1.165) is 18.4 Å². The number of rotatable bonds is 8. The molecule has 0 aliphatic rings. The lowest BCUT2D eigenvalue weighted by Gasteiger charge is -2.18. The highest BCUT2D eigenvalue weighted by Gasteiger charge is 2.16. The van der Waals surface area contributed by atoms with Gasteiger partial charge in [0.2, 0.25) is 0 Å². The number of nitrogens with zero attached hydrogens (tertiary/aromatic N) is 1. The molecular formula is C22H23N3O4. The SMILES string of the molecule is CCC[C@@H](NC(=O)COC(=O)Cc1n[nH]c(=O)c2ccccc12)c1ccccc1. The van der Waals surface area contributed by atoms with Crippen LogP contribution < -0.4 is 10.9 Å². The average Bonchev–Trinajstić information content (AvgIpc) is 2.75. The molecule has 0 saturated carbocycles. The van der Waals surface area contributed by atoms with Crippen LogP contribution in [-0.4, -0.2) is 28.7 Å². The molecule has 1 heterocycles. The maximum absolute atomic E-state index is 12.3. The summed E-state index contributed by atoms with van der Waals surface area (Å²) in [6, 6.07) is 16.4. The molecule has 0 unspecified atom stereocenters. The fraction of sp³-hybridized carbons (Fsp3) is 0.273. The third-order valence-electron chi connectivity index (χ3n) is 4.57. The number of esters is 1. The van der Waals surface area contributed by atoms with Crippen LogP contribution >= 0.6 is 0 Å². The van der Waals surface area contributed by atoms with Crippen LogP contribution in [0.1, 0.15) is 37.1 Å². The number of hydrogen-bond acceptors (Lipinski definition) is 5. The Morgan fingerprint density at radius 2 is 1.76 bits per heavy atom. The zero-order valence-electron chi connectivity index (χ0n) is 16.2. The van der Waals surface area contributed by atoms with E-state index < -0.39 is 5.97 Å². The summed E-state index contributed by atoms with van der Waals surface area (Å²) in [5.74, 6) is -0.948. The molecule has 1 aromatic heterocycles. The predicted molar refractivity (Wildman–Crippen MR) is 109 cm³/mol. The molecule has 29 heavy (non-hydrogen) atoms. The molecule has 3 aromatic rings. The van der Waals surface area contributed by atoms with Gasteiger partial charge in [0.25, 0.3) is 11.5 Å². The van der Waals surface area contributed by atoms with Crippen LogP contribution in [0.2, 0.25) is 0 Å². The Balaban J connectivity index is 1.58. The number of amides is 1. The Labute approximate surface area is 168 Å². The Hall–Kier alpha value is -3.48. The summed E-state index contributed by atoms with van der Waals surface area (Å²) in [6.07, 6.45) is 1.56. The minimum atomic E-state index is -0.586. The number of benzene rings is 2. The second-order valence-electron chi connectivity index (χ2n) is 6.70. The number of ether oxygens (including phenoxy) is 1. The van der Waals surface area contributed by atoms with E-state index in [1.54, 1.807) is 24.3 Å². The molecule has 1 atom stereocenters. The van der Waals surface area contributed by atoms with Gasteiger partial charge in [0, 0.05) is 5.39 Å². The molecule has 7 heteroatoms. The fourth-order valence-corrected chi connectivity index (χ4v) is 3.17. The zero-order chi connectivity index (χ0) is 20.6. The van der Waals surface area contributed by atoms with Crippen LogP contribution in [0.4, 0.5) is 0 Å². The summed E-state index contributed by atoms with van der Waals surface area (Å²) in [4.78, 5) is 36.3. The Bertz CT molecular complexity index is 1050. The van der Waals surface area contributed by atoms with Crippen molar-refractivity contribution in [3.05, 3.63) is 76.2 Å². The van der Waals surface area contributed by atoms with E-state index in [9.17, 15) is 14.4 Å². The smallest absolute Gasteiger partial charge is 0.312 e. The number of carbonyl (C=O) groups excluding carboxylic acids is 2. The maximum Gasteiger partial charge on any atom is 0.312 e. The summed E-state index contributed by atoms with van der Waals surface area (Å²) < 4.78 is 5.12. The molecule has 0 radical (unpaired) electrons. The Kier molecular flexibility index (Phi) is 6.73. The minimum Gasteiger partial charge on any atom is -0.455 e. The van der Waals surface area contributed by atoms with Crippen molar-refractivity contribution >= 4 is 22.6 Å². The molecule has 3 rings (SSSR count). The van der Waals surface area contributed by atoms with E-state index in [-0.39, 0.29) is 30.5 Å². The van der Waals surface area contributed by atoms with Crippen molar-refractivity contribution in [2.24, 2.45) is 0 Å². The quantitative estimate of drug-likeness (QED) is 0.573. The number of carbonyl (C=O) groups is 2. The zero-order valence-corrected chi connectivity index (χ0v) is 16.2. The molecule has 0 bridgehead atoms. The maximum atomic E-state index is 12.3. The van der Waals surface area contributed by atoms with Crippen molar-refractivity contribution in [1.29, 1.82) is 0 Å². The number of fused-ring (bicyclic) bond motifs is 1. The molecule has 0 saturated heterocycles. The number of aromatic amines is 1. The van der Waals surface area contributed by atoms with Crippen molar-refractivity contribution in [2.75, 3.05) is 6.61 Å². The molecular weight excluding hydrogens is 370 g/mol. The summed E-state index contributed by atoms with van der Waals surface area (Å²) in [7, 11) is 0. The number of H-pyrrole nitrogens is 1. The monoisotopic (exact) mass is 393 g/mol. The van der Waals surface area contributed by atoms with Gasteiger partial charge >= 0.3 is 5.97 Å². The van der Waals surface area contributed by atoms with Gasteiger partial charge in [-0.25, -0.2) is 5.10 Å². The van der Waals surface area contributed by atoms with Gasteiger partial charge in [-0.1, -0.05) is 61.9 Å². The lowest BCUT2D eigenvalue weighted by atomic mass is 10.0. The molecule has 1 amide bonds. The van der Waals surface area contributed by atoms with Gasteiger partial charge in [0.05, 0.1) is 23.5 Å².